The summed E-state index contributed by atoms with van der Waals surface area (Å²) in [6, 6.07) is 10.4. The molecule has 0 spiro atoms. The van der Waals surface area contributed by atoms with Gasteiger partial charge in [-0.05, 0) is 24.3 Å². The van der Waals surface area contributed by atoms with Gasteiger partial charge in [-0.3, -0.25) is 0 Å². The van der Waals surface area contributed by atoms with E-state index in [2.05, 4.69) is 31.3 Å². The van der Waals surface area contributed by atoms with Gasteiger partial charge in [0.15, 0.2) is 0 Å². The highest BCUT2D eigenvalue weighted by molar-refractivity contribution is 5.68. The first-order valence-electron chi connectivity index (χ1n) is 7.87. The highest BCUT2D eigenvalue weighted by Gasteiger charge is 2.23. The van der Waals surface area contributed by atoms with E-state index in [0.29, 0.717) is 5.92 Å². The van der Waals surface area contributed by atoms with Crippen molar-refractivity contribution in [3.05, 3.63) is 35.9 Å². The Hall–Kier alpha value is -1.55. The standard InChI is InChI=1S/C17H26N2O2/c1-14(2)16(9-8-15-6-4-3-5-7-15)21-17(20)19-12-10-18-11-13-19/h3-7,14,16,18H,8-13H2,1-2H3. The molecule has 1 amide bonds. The zero-order chi connectivity index (χ0) is 15.1. The van der Waals surface area contributed by atoms with Gasteiger partial charge in [0.1, 0.15) is 6.10 Å². The van der Waals surface area contributed by atoms with Gasteiger partial charge in [-0.25, -0.2) is 4.79 Å². The van der Waals surface area contributed by atoms with E-state index in [1.165, 1.54) is 5.56 Å². The maximum absolute atomic E-state index is 12.2. The Bertz CT molecular complexity index is 428. The second-order valence-corrected chi connectivity index (χ2v) is 5.93. The van der Waals surface area contributed by atoms with Crippen molar-refractivity contribution in [2.45, 2.75) is 32.8 Å². The molecule has 0 bridgehead atoms. The average molecular weight is 290 g/mol. The van der Waals surface area contributed by atoms with Crippen LogP contribution in [0.5, 0.6) is 0 Å². The second kappa shape index (κ2) is 8.03. The maximum atomic E-state index is 12.2. The van der Waals surface area contributed by atoms with Crippen molar-refractivity contribution in [2.24, 2.45) is 5.92 Å². The van der Waals surface area contributed by atoms with Crippen molar-refractivity contribution < 1.29 is 9.53 Å². The fraction of sp³-hybridized carbons (Fsp3) is 0.588. The van der Waals surface area contributed by atoms with Gasteiger partial charge >= 0.3 is 6.09 Å². The van der Waals surface area contributed by atoms with Crippen LogP contribution in [0.4, 0.5) is 4.79 Å². The first-order valence-corrected chi connectivity index (χ1v) is 7.87. The lowest BCUT2D eigenvalue weighted by atomic mass is 9.99. The van der Waals surface area contributed by atoms with E-state index in [1.54, 1.807) is 4.90 Å². The fourth-order valence-corrected chi connectivity index (χ4v) is 2.53. The Morgan fingerprint density at radius 1 is 1.24 bits per heavy atom. The van der Waals surface area contributed by atoms with Gasteiger partial charge in [-0.15, -0.1) is 0 Å². The van der Waals surface area contributed by atoms with Crippen LogP contribution in [0.2, 0.25) is 0 Å². The molecular formula is C17H26N2O2. The Morgan fingerprint density at radius 2 is 1.90 bits per heavy atom. The van der Waals surface area contributed by atoms with Gasteiger partial charge in [-0.2, -0.15) is 0 Å². The smallest absolute Gasteiger partial charge is 0.410 e. The number of amides is 1. The minimum Gasteiger partial charge on any atom is -0.446 e. The lowest BCUT2D eigenvalue weighted by molar-refractivity contribution is 0.0355. The summed E-state index contributed by atoms with van der Waals surface area (Å²) in [5.74, 6) is 0.334. The molecule has 1 N–H and O–H groups in total. The third kappa shape index (κ3) is 5.05. The van der Waals surface area contributed by atoms with Crippen LogP contribution in [0.25, 0.3) is 0 Å². The minimum atomic E-state index is -0.164. The number of piperazine rings is 1. The van der Waals surface area contributed by atoms with Crippen LogP contribution in [0, 0.1) is 5.92 Å². The first-order chi connectivity index (χ1) is 10.2. The third-order valence-corrected chi connectivity index (χ3v) is 3.93. The first kappa shape index (κ1) is 15.8. The molecule has 1 aromatic rings. The zero-order valence-electron chi connectivity index (χ0n) is 13.0. The van der Waals surface area contributed by atoms with Crippen LogP contribution in [0.3, 0.4) is 0 Å². The van der Waals surface area contributed by atoms with Gasteiger partial charge in [0, 0.05) is 26.2 Å². The predicted molar refractivity (Wildman–Crippen MR) is 84.3 cm³/mol. The SMILES string of the molecule is CC(C)C(CCc1ccccc1)OC(=O)N1CCNCC1. The number of carbonyl (C=O) groups is 1. The molecule has 1 atom stereocenters. The number of aryl methyl sites for hydroxylation is 1. The molecule has 0 aliphatic carbocycles. The molecule has 116 valence electrons. The normalized spacial score (nSPS) is 16.8. The molecule has 4 nitrogen and oxygen atoms in total. The summed E-state index contributed by atoms with van der Waals surface area (Å²) >= 11 is 0. The van der Waals surface area contributed by atoms with E-state index >= 15 is 0 Å². The molecule has 0 radical (unpaired) electrons. The van der Waals surface area contributed by atoms with Gasteiger partial charge in [-0.1, -0.05) is 44.2 Å². The summed E-state index contributed by atoms with van der Waals surface area (Å²) < 4.78 is 5.73. The van der Waals surface area contributed by atoms with Crippen molar-refractivity contribution in [3.8, 4) is 0 Å². The Kier molecular flexibility index (Phi) is 6.05. The van der Waals surface area contributed by atoms with Gasteiger partial charge in [0.25, 0.3) is 0 Å². The molecule has 1 aliphatic heterocycles. The van der Waals surface area contributed by atoms with Crippen LogP contribution >= 0.6 is 0 Å². The van der Waals surface area contributed by atoms with E-state index in [0.717, 1.165) is 39.0 Å². The number of rotatable bonds is 5. The molecular weight excluding hydrogens is 264 g/mol. The summed E-state index contributed by atoms with van der Waals surface area (Å²) in [5, 5.41) is 3.24. The molecule has 0 saturated carbocycles. The number of carbonyl (C=O) groups excluding carboxylic acids is 1. The Labute approximate surface area is 127 Å². The van der Waals surface area contributed by atoms with E-state index in [-0.39, 0.29) is 12.2 Å². The molecule has 21 heavy (non-hydrogen) atoms. The zero-order valence-corrected chi connectivity index (χ0v) is 13.0. The van der Waals surface area contributed by atoms with Crippen molar-refractivity contribution in [2.75, 3.05) is 26.2 Å². The number of hydrogen-bond acceptors (Lipinski definition) is 3. The summed E-state index contributed by atoms with van der Waals surface area (Å²) in [4.78, 5) is 14.0. The molecule has 1 aliphatic rings. The van der Waals surface area contributed by atoms with Crippen LogP contribution < -0.4 is 5.32 Å². The summed E-state index contributed by atoms with van der Waals surface area (Å²) in [5.41, 5.74) is 1.29. The van der Waals surface area contributed by atoms with E-state index in [1.807, 2.05) is 18.2 Å². The van der Waals surface area contributed by atoms with Crippen LogP contribution in [-0.2, 0) is 11.2 Å². The number of hydrogen-bond donors (Lipinski definition) is 1. The lowest BCUT2D eigenvalue weighted by Crippen LogP contribution is -2.47. The molecule has 1 unspecified atom stereocenters. The fourth-order valence-electron chi connectivity index (χ4n) is 2.53. The van der Waals surface area contributed by atoms with Crippen molar-refractivity contribution in [1.29, 1.82) is 0 Å². The molecule has 1 heterocycles. The van der Waals surface area contributed by atoms with E-state index in [9.17, 15) is 4.79 Å². The highest BCUT2D eigenvalue weighted by Crippen LogP contribution is 2.16. The summed E-state index contributed by atoms with van der Waals surface area (Å²) in [6.07, 6.45) is 1.63. The minimum absolute atomic E-state index is 0.0207. The van der Waals surface area contributed by atoms with Crippen LogP contribution in [-0.4, -0.2) is 43.3 Å². The summed E-state index contributed by atoms with van der Waals surface area (Å²) in [7, 11) is 0. The largest absolute Gasteiger partial charge is 0.446 e. The molecule has 1 saturated heterocycles. The van der Waals surface area contributed by atoms with Crippen LogP contribution in [0.1, 0.15) is 25.8 Å². The van der Waals surface area contributed by atoms with Gasteiger partial charge in [0.05, 0.1) is 0 Å². The number of ether oxygens (including phenoxy) is 1. The Morgan fingerprint density at radius 3 is 2.52 bits per heavy atom. The Balaban J connectivity index is 1.85. The highest BCUT2D eigenvalue weighted by atomic mass is 16.6. The maximum Gasteiger partial charge on any atom is 0.410 e. The molecule has 1 fully saturated rings. The molecule has 2 rings (SSSR count). The van der Waals surface area contributed by atoms with E-state index in [4.69, 9.17) is 4.74 Å². The topological polar surface area (TPSA) is 41.6 Å². The molecule has 1 aromatic carbocycles. The van der Waals surface area contributed by atoms with Crippen molar-refractivity contribution in [1.82, 2.24) is 10.2 Å². The van der Waals surface area contributed by atoms with Gasteiger partial charge in [0.2, 0.25) is 0 Å². The van der Waals surface area contributed by atoms with E-state index < -0.39 is 0 Å². The van der Waals surface area contributed by atoms with Crippen LogP contribution in [0.15, 0.2) is 30.3 Å². The lowest BCUT2D eigenvalue weighted by Gasteiger charge is -2.30. The predicted octanol–water partition coefficient (Wildman–Crippen LogP) is 2.69. The van der Waals surface area contributed by atoms with Gasteiger partial charge < -0.3 is 15.0 Å². The third-order valence-electron chi connectivity index (χ3n) is 3.93. The number of benzene rings is 1. The van der Waals surface area contributed by atoms with Crippen molar-refractivity contribution in [3.63, 3.8) is 0 Å². The monoisotopic (exact) mass is 290 g/mol. The summed E-state index contributed by atoms with van der Waals surface area (Å²) in [6.45, 7) is 7.41. The molecule has 0 aromatic heterocycles. The average Bonchev–Trinajstić information content (AvgIpc) is 2.52. The van der Waals surface area contributed by atoms with Crippen molar-refractivity contribution >= 4 is 6.09 Å². The number of nitrogens with one attached hydrogen (secondary N) is 1. The second-order valence-electron chi connectivity index (χ2n) is 5.93. The number of nitrogens with zero attached hydrogens (tertiary/aromatic N) is 1. The molecule has 4 heteroatoms. The quantitative estimate of drug-likeness (QED) is 0.906.